The average molecular weight is 459 g/mol. The first-order valence-electron chi connectivity index (χ1n) is 7.12. The number of hydrogen-bond donors (Lipinski definition) is 1. The van der Waals surface area contributed by atoms with Crippen molar-refractivity contribution in [2.45, 2.75) is 26.4 Å². The quantitative estimate of drug-likeness (QED) is 0.706. The molecule has 2 aromatic rings. The van der Waals surface area contributed by atoms with E-state index in [9.17, 15) is 9.59 Å². The minimum atomic E-state index is -0.687. The molecule has 0 saturated carbocycles. The van der Waals surface area contributed by atoms with Crippen molar-refractivity contribution >= 4 is 50.9 Å². The molecule has 0 aliphatic heterocycles. The molecule has 0 aliphatic rings. The Balaban J connectivity index is 2.42. The number of hydrogen-bond acceptors (Lipinski definition) is 5. The van der Waals surface area contributed by atoms with Crippen LogP contribution in [-0.2, 0) is 4.74 Å². The minimum absolute atomic E-state index is 0.0576. The van der Waals surface area contributed by atoms with Gasteiger partial charge in [0.25, 0.3) is 5.91 Å². The van der Waals surface area contributed by atoms with Gasteiger partial charge in [0.1, 0.15) is 15.6 Å². The van der Waals surface area contributed by atoms with Gasteiger partial charge in [-0.1, -0.05) is 23.5 Å². The molecule has 1 aromatic carbocycles. The summed E-state index contributed by atoms with van der Waals surface area (Å²) in [7, 11) is 1.53. The molecule has 0 atom stereocenters. The molecule has 1 heterocycles. The van der Waals surface area contributed by atoms with Crippen molar-refractivity contribution in [1.29, 1.82) is 0 Å². The SMILES string of the molecule is CN(C(=O)OC(C)(C)C)c1sc(-c2cccc(I)c2)nc1C(N)=O. The van der Waals surface area contributed by atoms with Crippen molar-refractivity contribution in [2.24, 2.45) is 5.73 Å². The Morgan fingerprint density at radius 2 is 2.00 bits per heavy atom. The summed E-state index contributed by atoms with van der Waals surface area (Å²) in [6.07, 6.45) is -0.567. The fraction of sp³-hybridized carbons (Fsp3) is 0.312. The Kier molecular flexibility index (Phi) is 5.49. The zero-order valence-electron chi connectivity index (χ0n) is 13.8. The Hall–Kier alpha value is -1.68. The largest absolute Gasteiger partial charge is 0.443 e. The number of benzene rings is 1. The Labute approximate surface area is 158 Å². The predicted octanol–water partition coefficient (Wildman–Crippen LogP) is 3.88. The van der Waals surface area contributed by atoms with Crippen molar-refractivity contribution in [1.82, 2.24) is 4.98 Å². The van der Waals surface area contributed by atoms with Crippen LogP contribution in [0.5, 0.6) is 0 Å². The van der Waals surface area contributed by atoms with E-state index in [1.807, 2.05) is 24.3 Å². The predicted molar refractivity (Wildman–Crippen MR) is 103 cm³/mol. The van der Waals surface area contributed by atoms with Crippen LogP contribution in [0, 0.1) is 3.57 Å². The molecule has 0 bridgehead atoms. The molecule has 0 aliphatic carbocycles. The van der Waals surface area contributed by atoms with Gasteiger partial charge in [0.05, 0.1) is 0 Å². The first kappa shape index (κ1) is 18.7. The fourth-order valence-electron chi connectivity index (χ4n) is 1.86. The molecule has 24 heavy (non-hydrogen) atoms. The number of anilines is 1. The lowest BCUT2D eigenvalue weighted by atomic mass is 10.2. The molecule has 0 saturated heterocycles. The number of halogens is 1. The van der Waals surface area contributed by atoms with E-state index < -0.39 is 17.6 Å². The van der Waals surface area contributed by atoms with Crippen LogP contribution in [0.4, 0.5) is 9.80 Å². The van der Waals surface area contributed by atoms with E-state index >= 15 is 0 Å². The van der Waals surface area contributed by atoms with Crippen molar-refractivity contribution < 1.29 is 14.3 Å². The van der Waals surface area contributed by atoms with Crippen LogP contribution < -0.4 is 10.6 Å². The Morgan fingerprint density at radius 1 is 1.33 bits per heavy atom. The van der Waals surface area contributed by atoms with Gasteiger partial charge in [-0.3, -0.25) is 9.69 Å². The third-order valence-corrected chi connectivity index (χ3v) is 4.74. The number of ether oxygens (including phenoxy) is 1. The van der Waals surface area contributed by atoms with Crippen molar-refractivity contribution in [3.8, 4) is 10.6 Å². The zero-order valence-corrected chi connectivity index (χ0v) is 16.8. The topological polar surface area (TPSA) is 85.5 Å². The molecule has 0 radical (unpaired) electrons. The smallest absolute Gasteiger partial charge is 0.415 e. The number of amides is 2. The van der Waals surface area contributed by atoms with E-state index in [1.54, 1.807) is 20.8 Å². The molecular formula is C16H18IN3O3S. The Morgan fingerprint density at radius 3 is 2.54 bits per heavy atom. The molecule has 128 valence electrons. The van der Waals surface area contributed by atoms with E-state index in [2.05, 4.69) is 27.6 Å². The van der Waals surface area contributed by atoms with Crippen LogP contribution in [0.25, 0.3) is 10.6 Å². The van der Waals surface area contributed by atoms with Gasteiger partial charge >= 0.3 is 6.09 Å². The second kappa shape index (κ2) is 7.06. The number of carbonyl (C=O) groups excluding carboxylic acids is 2. The van der Waals surface area contributed by atoms with E-state index in [4.69, 9.17) is 10.5 Å². The van der Waals surface area contributed by atoms with E-state index in [0.29, 0.717) is 10.0 Å². The monoisotopic (exact) mass is 459 g/mol. The maximum Gasteiger partial charge on any atom is 0.415 e. The summed E-state index contributed by atoms with van der Waals surface area (Å²) in [5, 5.41) is 0.985. The lowest BCUT2D eigenvalue weighted by Crippen LogP contribution is -2.34. The normalized spacial score (nSPS) is 11.2. The van der Waals surface area contributed by atoms with Gasteiger partial charge in [0, 0.05) is 16.2 Å². The summed E-state index contributed by atoms with van der Waals surface area (Å²) in [6, 6.07) is 7.70. The van der Waals surface area contributed by atoms with Crippen LogP contribution in [0.15, 0.2) is 24.3 Å². The van der Waals surface area contributed by atoms with Crippen LogP contribution in [0.1, 0.15) is 31.3 Å². The summed E-state index contributed by atoms with van der Waals surface area (Å²) >= 11 is 3.42. The molecule has 0 fully saturated rings. The summed E-state index contributed by atoms with van der Waals surface area (Å²) < 4.78 is 6.38. The number of nitrogens with zero attached hydrogens (tertiary/aromatic N) is 2. The number of primary amides is 1. The van der Waals surface area contributed by atoms with Gasteiger partial charge in [0.2, 0.25) is 0 Å². The molecule has 2 amide bonds. The number of aromatic nitrogens is 1. The molecule has 0 spiro atoms. The fourth-order valence-corrected chi connectivity index (χ4v) is 3.42. The maximum atomic E-state index is 12.3. The minimum Gasteiger partial charge on any atom is -0.443 e. The first-order valence-corrected chi connectivity index (χ1v) is 9.01. The van der Waals surface area contributed by atoms with Gasteiger partial charge in [-0.05, 0) is 55.5 Å². The third-order valence-electron chi connectivity index (χ3n) is 2.89. The second-order valence-electron chi connectivity index (χ2n) is 6.09. The van der Waals surface area contributed by atoms with E-state index in [-0.39, 0.29) is 5.69 Å². The molecule has 0 unspecified atom stereocenters. The Bertz CT molecular complexity index is 783. The van der Waals surface area contributed by atoms with E-state index in [1.165, 1.54) is 23.3 Å². The molecule has 8 heteroatoms. The van der Waals surface area contributed by atoms with Gasteiger partial charge in [-0.2, -0.15) is 0 Å². The lowest BCUT2D eigenvalue weighted by Gasteiger charge is -2.23. The number of thiazole rings is 1. The molecule has 2 N–H and O–H groups in total. The zero-order chi connectivity index (χ0) is 18.1. The summed E-state index contributed by atoms with van der Waals surface area (Å²) in [5.41, 5.74) is 5.71. The highest BCUT2D eigenvalue weighted by Crippen LogP contribution is 2.35. The first-order chi connectivity index (χ1) is 11.1. The summed E-state index contributed by atoms with van der Waals surface area (Å²) in [4.78, 5) is 29.6. The van der Waals surface area contributed by atoms with Gasteiger partial charge in [0.15, 0.2) is 5.69 Å². The number of nitrogens with two attached hydrogens (primary N) is 1. The molecule has 2 rings (SSSR count). The summed E-state index contributed by atoms with van der Waals surface area (Å²) in [5.74, 6) is -0.687. The van der Waals surface area contributed by atoms with Crippen LogP contribution >= 0.6 is 33.9 Å². The van der Waals surface area contributed by atoms with Crippen LogP contribution in [0.2, 0.25) is 0 Å². The lowest BCUT2D eigenvalue weighted by molar-refractivity contribution is 0.0590. The van der Waals surface area contributed by atoms with Crippen molar-refractivity contribution in [3.05, 3.63) is 33.5 Å². The second-order valence-corrected chi connectivity index (χ2v) is 8.31. The molecular weight excluding hydrogens is 441 g/mol. The van der Waals surface area contributed by atoms with Crippen molar-refractivity contribution in [2.75, 3.05) is 11.9 Å². The van der Waals surface area contributed by atoms with Gasteiger partial charge in [-0.15, -0.1) is 0 Å². The highest BCUT2D eigenvalue weighted by Gasteiger charge is 2.27. The van der Waals surface area contributed by atoms with Crippen molar-refractivity contribution in [3.63, 3.8) is 0 Å². The highest BCUT2D eigenvalue weighted by atomic mass is 127. The van der Waals surface area contributed by atoms with Gasteiger partial charge in [-0.25, -0.2) is 9.78 Å². The molecule has 1 aromatic heterocycles. The maximum absolute atomic E-state index is 12.3. The van der Waals surface area contributed by atoms with Crippen LogP contribution in [-0.4, -0.2) is 29.6 Å². The summed E-state index contributed by atoms with van der Waals surface area (Å²) in [6.45, 7) is 5.33. The average Bonchev–Trinajstić information content (AvgIpc) is 2.90. The number of carbonyl (C=O) groups is 2. The standard InChI is InChI=1S/C16H18IN3O3S/c1-16(2,3)23-15(22)20(4)14-11(12(18)21)19-13(24-14)9-6-5-7-10(17)8-9/h5-8H,1-4H3,(H2,18,21). The number of rotatable bonds is 3. The highest BCUT2D eigenvalue weighted by molar-refractivity contribution is 14.1. The molecule has 6 nitrogen and oxygen atoms in total. The van der Waals surface area contributed by atoms with E-state index in [0.717, 1.165) is 9.13 Å². The van der Waals surface area contributed by atoms with Gasteiger partial charge < -0.3 is 10.5 Å². The third kappa shape index (κ3) is 4.44. The van der Waals surface area contributed by atoms with Crippen LogP contribution in [0.3, 0.4) is 0 Å².